The molecule has 1 atom stereocenters. The van der Waals surface area contributed by atoms with Crippen molar-refractivity contribution in [2.45, 2.75) is 6.10 Å². The largest absolute Gasteiger partial charge is 0.394 e. The topological polar surface area (TPSA) is 41.5 Å². The monoisotopic (exact) mass is 103 g/mol. The summed E-state index contributed by atoms with van der Waals surface area (Å²) in [5.74, 6) is 0. The van der Waals surface area contributed by atoms with Gasteiger partial charge in [-0.25, -0.2) is 0 Å². The first-order valence-electron chi connectivity index (χ1n) is 2.36. The molecule has 1 saturated heterocycles. The fraction of sp³-hybridized carbons (Fsp3) is 1.00. The predicted octanol–water partition coefficient (Wildman–Crippen LogP) is -1.08. The lowest BCUT2D eigenvalue weighted by Crippen LogP contribution is -2.17. The number of hydrogen-bond acceptors (Lipinski definition) is 3. The van der Waals surface area contributed by atoms with E-state index < -0.39 is 0 Å². The maximum absolute atomic E-state index is 8.40. The van der Waals surface area contributed by atoms with Crippen LogP contribution < -0.4 is 5.32 Å². The van der Waals surface area contributed by atoms with E-state index in [1.54, 1.807) is 0 Å². The Balaban J connectivity index is 2.14. The van der Waals surface area contributed by atoms with Crippen LogP contribution in [0.25, 0.3) is 0 Å². The van der Waals surface area contributed by atoms with Crippen LogP contribution in [0.1, 0.15) is 0 Å². The first-order valence-corrected chi connectivity index (χ1v) is 2.36. The van der Waals surface area contributed by atoms with Crippen molar-refractivity contribution in [1.29, 1.82) is 0 Å². The quantitative estimate of drug-likeness (QED) is 0.444. The second-order valence-electron chi connectivity index (χ2n) is 1.57. The Kier molecular flexibility index (Phi) is 1.62. The molecule has 0 saturated carbocycles. The Bertz CT molecular complexity index is 51.7. The van der Waals surface area contributed by atoms with Crippen LogP contribution in [0, 0.1) is 0 Å². The van der Waals surface area contributed by atoms with Crippen LogP contribution in [0.4, 0.5) is 0 Å². The van der Waals surface area contributed by atoms with Crippen LogP contribution in [0.2, 0.25) is 0 Å². The fourth-order valence-electron chi connectivity index (χ4n) is 0.573. The molecule has 0 spiro atoms. The minimum absolute atomic E-state index is 0.0417. The standard InChI is InChI=1S/C4H9NO2/c6-2-4-1-5-3-7-4/h4-6H,1-3H2. The van der Waals surface area contributed by atoms with Gasteiger partial charge in [0, 0.05) is 6.54 Å². The first kappa shape index (κ1) is 5.03. The minimum atomic E-state index is 0.0417. The lowest BCUT2D eigenvalue weighted by molar-refractivity contribution is 0.0630. The lowest BCUT2D eigenvalue weighted by atomic mass is 10.4. The highest BCUT2D eigenvalue weighted by Crippen LogP contribution is 1.92. The van der Waals surface area contributed by atoms with Gasteiger partial charge in [-0.2, -0.15) is 0 Å². The summed E-state index contributed by atoms with van der Waals surface area (Å²) in [6.45, 7) is 1.51. The molecule has 42 valence electrons. The second kappa shape index (κ2) is 2.26. The number of hydrogen-bond donors (Lipinski definition) is 2. The molecule has 0 aliphatic carbocycles. The third kappa shape index (κ3) is 1.12. The fourth-order valence-corrected chi connectivity index (χ4v) is 0.573. The van der Waals surface area contributed by atoms with Crippen LogP contribution in [0.5, 0.6) is 0 Å². The maximum Gasteiger partial charge on any atom is 0.0971 e. The number of aliphatic hydroxyl groups excluding tert-OH is 1. The van der Waals surface area contributed by atoms with E-state index in [0.717, 1.165) is 6.54 Å². The van der Waals surface area contributed by atoms with E-state index in [1.807, 2.05) is 0 Å². The van der Waals surface area contributed by atoms with Crippen molar-refractivity contribution in [3.8, 4) is 0 Å². The van der Waals surface area contributed by atoms with Gasteiger partial charge in [0.05, 0.1) is 19.4 Å². The lowest BCUT2D eigenvalue weighted by Gasteiger charge is -1.99. The van der Waals surface area contributed by atoms with Crippen molar-refractivity contribution in [2.24, 2.45) is 0 Å². The van der Waals surface area contributed by atoms with Crippen LogP contribution in [-0.4, -0.2) is 31.1 Å². The summed E-state index contributed by atoms with van der Waals surface area (Å²) >= 11 is 0. The summed E-state index contributed by atoms with van der Waals surface area (Å²) < 4.78 is 4.94. The van der Waals surface area contributed by atoms with E-state index in [4.69, 9.17) is 9.84 Å². The zero-order valence-electron chi connectivity index (χ0n) is 4.05. The summed E-state index contributed by atoms with van der Waals surface area (Å²) in [4.78, 5) is 0. The molecule has 2 N–H and O–H groups in total. The number of nitrogens with one attached hydrogen (secondary N) is 1. The van der Waals surface area contributed by atoms with E-state index in [2.05, 4.69) is 5.32 Å². The number of ether oxygens (including phenoxy) is 1. The average Bonchev–Trinajstić information content (AvgIpc) is 2.14. The molecule has 1 heterocycles. The van der Waals surface area contributed by atoms with Gasteiger partial charge >= 0.3 is 0 Å². The van der Waals surface area contributed by atoms with Gasteiger partial charge in [0.15, 0.2) is 0 Å². The third-order valence-corrected chi connectivity index (χ3v) is 0.997. The zero-order valence-corrected chi connectivity index (χ0v) is 4.05. The molecule has 0 aromatic heterocycles. The molecule has 3 nitrogen and oxygen atoms in total. The Morgan fingerprint density at radius 3 is 3.00 bits per heavy atom. The van der Waals surface area contributed by atoms with Gasteiger partial charge in [0.25, 0.3) is 0 Å². The Morgan fingerprint density at radius 2 is 2.71 bits per heavy atom. The van der Waals surface area contributed by atoms with Crippen LogP contribution in [0.3, 0.4) is 0 Å². The molecule has 1 aliphatic heterocycles. The van der Waals surface area contributed by atoms with Crippen LogP contribution in [0.15, 0.2) is 0 Å². The zero-order chi connectivity index (χ0) is 5.11. The van der Waals surface area contributed by atoms with E-state index >= 15 is 0 Å². The van der Waals surface area contributed by atoms with Gasteiger partial charge < -0.3 is 9.84 Å². The first-order chi connectivity index (χ1) is 3.43. The number of rotatable bonds is 1. The summed E-state index contributed by atoms with van der Waals surface area (Å²) in [7, 11) is 0. The van der Waals surface area contributed by atoms with Gasteiger partial charge in [-0.3, -0.25) is 5.32 Å². The molecule has 1 rings (SSSR count). The van der Waals surface area contributed by atoms with Gasteiger partial charge in [-0.1, -0.05) is 0 Å². The van der Waals surface area contributed by atoms with E-state index in [9.17, 15) is 0 Å². The highest BCUT2D eigenvalue weighted by molar-refractivity contribution is 4.62. The van der Waals surface area contributed by atoms with Crippen molar-refractivity contribution in [1.82, 2.24) is 5.32 Å². The molecule has 0 aromatic carbocycles. The van der Waals surface area contributed by atoms with Crippen molar-refractivity contribution >= 4 is 0 Å². The van der Waals surface area contributed by atoms with Crippen molar-refractivity contribution in [3.05, 3.63) is 0 Å². The van der Waals surface area contributed by atoms with Gasteiger partial charge in [0.2, 0.25) is 0 Å². The summed E-state index contributed by atoms with van der Waals surface area (Å²) in [6, 6.07) is 0. The maximum atomic E-state index is 8.40. The molecule has 7 heavy (non-hydrogen) atoms. The number of aliphatic hydroxyl groups is 1. The molecule has 0 amide bonds. The summed E-state index contributed by atoms with van der Waals surface area (Å²) in [6.07, 6.45) is 0.0417. The molecule has 1 fully saturated rings. The van der Waals surface area contributed by atoms with Gasteiger partial charge in [-0.05, 0) is 0 Å². The molecule has 1 aliphatic rings. The molecular weight excluding hydrogens is 94.0 g/mol. The van der Waals surface area contributed by atoms with E-state index in [0.29, 0.717) is 6.73 Å². The molecule has 1 unspecified atom stereocenters. The second-order valence-corrected chi connectivity index (χ2v) is 1.57. The Hall–Kier alpha value is -0.120. The highest BCUT2D eigenvalue weighted by Gasteiger charge is 2.11. The smallest absolute Gasteiger partial charge is 0.0971 e. The molecule has 0 radical (unpaired) electrons. The van der Waals surface area contributed by atoms with E-state index in [-0.39, 0.29) is 12.7 Å². The van der Waals surface area contributed by atoms with E-state index in [1.165, 1.54) is 0 Å². The van der Waals surface area contributed by atoms with Gasteiger partial charge in [-0.15, -0.1) is 0 Å². The molecule has 3 heteroatoms. The average molecular weight is 103 g/mol. The SMILES string of the molecule is OCC1CNCO1. The van der Waals surface area contributed by atoms with Gasteiger partial charge in [0.1, 0.15) is 0 Å². The van der Waals surface area contributed by atoms with Crippen molar-refractivity contribution < 1.29 is 9.84 Å². The molecular formula is C4H9NO2. The summed E-state index contributed by atoms with van der Waals surface area (Å²) in [5, 5.41) is 11.3. The minimum Gasteiger partial charge on any atom is -0.394 e. The highest BCUT2D eigenvalue weighted by atomic mass is 16.5. The third-order valence-electron chi connectivity index (χ3n) is 0.997. The van der Waals surface area contributed by atoms with Crippen molar-refractivity contribution in [2.75, 3.05) is 19.9 Å². The van der Waals surface area contributed by atoms with Crippen molar-refractivity contribution in [3.63, 3.8) is 0 Å². The molecule has 0 bridgehead atoms. The Morgan fingerprint density at radius 1 is 1.86 bits per heavy atom. The van der Waals surface area contributed by atoms with Crippen LogP contribution in [-0.2, 0) is 4.74 Å². The Labute approximate surface area is 42.3 Å². The molecule has 0 aromatic rings. The predicted molar refractivity (Wildman–Crippen MR) is 24.8 cm³/mol. The normalized spacial score (nSPS) is 31.3. The van der Waals surface area contributed by atoms with Crippen LogP contribution >= 0.6 is 0 Å². The summed E-state index contributed by atoms with van der Waals surface area (Å²) in [5.41, 5.74) is 0.